The normalized spacial score (nSPS) is 85.7. The predicted molar refractivity (Wildman–Crippen MR) is 101 cm³/mol. The predicted octanol–water partition coefficient (Wildman–Crippen LogP) is 4.37. The third-order valence-electron chi connectivity index (χ3n) is 14.4. The molecule has 1 aromatic rings. The van der Waals surface area contributed by atoms with Gasteiger partial charge in [-0.25, -0.2) is 0 Å². The standard InChI is InChI=1S/C26H24S/c1-2-4-6(5-3-1)27-26-23-17-11-8-7-9-13(11)19(23)21-15(9)16-10(7)14-12(8)18(17)24(26)20(14)22(16)25(21)26/h1-5,7-25H/t7?,8?,9?,10?,11-,12-,13-,14+,15+,16+,17-,18+,19-,20+,21-,22-,23?,24?,25?,26?/m0/s1. The lowest BCUT2D eigenvalue weighted by atomic mass is 9.77. The van der Waals surface area contributed by atoms with E-state index in [0.29, 0.717) is 0 Å². The summed E-state index contributed by atoms with van der Waals surface area (Å²) in [4.78, 5) is 1.63. The molecular weight excluding hydrogens is 344 g/mol. The van der Waals surface area contributed by atoms with E-state index < -0.39 is 0 Å². The van der Waals surface area contributed by atoms with E-state index in [1.165, 1.54) is 112 Å². The molecule has 0 bridgehead atoms. The summed E-state index contributed by atoms with van der Waals surface area (Å²) in [5.74, 6) is 23.5. The Labute approximate surface area is 164 Å². The number of rotatable bonds is 2. The van der Waals surface area contributed by atoms with Gasteiger partial charge in [0, 0.05) is 9.64 Å². The molecule has 8 unspecified atom stereocenters. The van der Waals surface area contributed by atoms with Crippen LogP contribution in [0.25, 0.3) is 0 Å². The van der Waals surface area contributed by atoms with Crippen LogP contribution in [0.1, 0.15) is 0 Å². The Bertz CT molecular complexity index is 884. The Kier molecular flexibility index (Phi) is 1.37. The Morgan fingerprint density at radius 1 is 0.444 bits per heavy atom. The number of hydrogen-bond acceptors (Lipinski definition) is 1. The van der Waals surface area contributed by atoms with Crippen LogP contribution in [0.3, 0.4) is 0 Å². The van der Waals surface area contributed by atoms with Crippen molar-refractivity contribution in [2.75, 3.05) is 0 Å². The first-order valence-electron chi connectivity index (χ1n) is 12.2. The van der Waals surface area contributed by atoms with Crippen LogP contribution >= 0.6 is 11.8 Å². The van der Waals surface area contributed by atoms with Crippen LogP contribution in [0, 0.1) is 112 Å². The van der Waals surface area contributed by atoms with Gasteiger partial charge in [-0.05, 0) is 125 Å². The molecule has 0 spiro atoms. The largest absolute Gasteiger partial charge is 0.118 e. The third-order valence-corrected chi connectivity index (χ3v) is 16.1. The lowest BCUT2D eigenvalue weighted by Gasteiger charge is -2.39. The molecular formula is C26H24S. The van der Waals surface area contributed by atoms with Crippen molar-refractivity contribution in [1.82, 2.24) is 0 Å². The monoisotopic (exact) mass is 368 g/mol. The molecule has 27 heavy (non-hydrogen) atoms. The van der Waals surface area contributed by atoms with Crippen molar-refractivity contribution in [3.63, 3.8) is 0 Å². The fourth-order valence-corrected chi connectivity index (χ4v) is 18.3. The second-order valence-electron chi connectivity index (χ2n) is 13.1. The van der Waals surface area contributed by atoms with Crippen molar-refractivity contribution in [2.45, 2.75) is 9.64 Å². The van der Waals surface area contributed by atoms with E-state index in [1.54, 1.807) is 4.90 Å². The van der Waals surface area contributed by atoms with Gasteiger partial charge in [-0.1, -0.05) is 18.2 Å². The van der Waals surface area contributed by atoms with E-state index >= 15 is 0 Å². The van der Waals surface area contributed by atoms with Crippen molar-refractivity contribution in [3.8, 4) is 0 Å². The molecule has 0 amide bonds. The number of benzene rings is 1. The zero-order valence-corrected chi connectivity index (χ0v) is 16.1. The zero-order chi connectivity index (χ0) is 16.3. The number of hydrogen-bond donors (Lipinski definition) is 0. The van der Waals surface area contributed by atoms with Crippen molar-refractivity contribution in [2.24, 2.45) is 112 Å². The molecule has 0 aromatic heterocycles. The van der Waals surface area contributed by atoms with Gasteiger partial charge < -0.3 is 0 Å². The maximum absolute atomic E-state index is 2.48. The first kappa shape index (κ1) is 12.3. The van der Waals surface area contributed by atoms with Gasteiger partial charge in [0.05, 0.1) is 0 Å². The van der Waals surface area contributed by atoms with E-state index in [9.17, 15) is 0 Å². The Balaban J connectivity index is 1.24. The highest BCUT2D eigenvalue weighted by atomic mass is 32.2. The van der Waals surface area contributed by atoms with Gasteiger partial charge in [-0.3, -0.25) is 0 Å². The highest BCUT2D eigenvalue weighted by Crippen LogP contribution is 3.04. The van der Waals surface area contributed by atoms with E-state index in [2.05, 4.69) is 42.1 Å². The maximum atomic E-state index is 2.48. The molecule has 134 valence electrons. The van der Waals surface area contributed by atoms with E-state index in [4.69, 9.17) is 0 Å². The van der Waals surface area contributed by atoms with E-state index in [1.807, 2.05) is 0 Å². The summed E-state index contributed by atoms with van der Waals surface area (Å²) in [5.41, 5.74) is 0. The SMILES string of the molecule is c1ccc(SC23C4[C@@H]5[C@@H]6C7C8C9[C@@H]6[C@@H]4[C@H]4C2[C@H]2[C@@H](C8[C@@H]6[C@@H]7[C@@H]5C3[C@@H]62)[C@H]94)cc1. The van der Waals surface area contributed by atoms with Gasteiger partial charge in [0.1, 0.15) is 0 Å². The van der Waals surface area contributed by atoms with Crippen molar-refractivity contribution >= 4 is 11.8 Å². The molecule has 0 N–H and O–H groups in total. The maximum Gasteiger partial charge on any atom is 0.0308 e. The van der Waals surface area contributed by atoms with E-state index in [0.717, 1.165) is 4.75 Å². The lowest BCUT2D eigenvalue weighted by Crippen LogP contribution is -2.39. The summed E-state index contributed by atoms with van der Waals surface area (Å²) >= 11 is 2.48. The average molecular weight is 369 g/mol. The molecule has 13 rings (SSSR count). The third kappa shape index (κ3) is 0.740. The fourth-order valence-electron chi connectivity index (χ4n) is 16.2. The Morgan fingerprint density at radius 3 is 1.15 bits per heavy atom. The highest BCUT2D eigenvalue weighted by molar-refractivity contribution is 8.00. The van der Waals surface area contributed by atoms with Gasteiger partial charge >= 0.3 is 0 Å². The van der Waals surface area contributed by atoms with Gasteiger partial charge in [-0.15, -0.1) is 11.8 Å². The van der Waals surface area contributed by atoms with Crippen molar-refractivity contribution < 1.29 is 0 Å². The Morgan fingerprint density at radius 2 is 0.778 bits per heavy atom. The van der Waals surface area contributed by atoms with Crippen LogP contribution in [0.5, 0.6) is 0 Å². The quantitative estimate of drug-likeness (QED) is 0.747. The van der Waals surface area contributed by atoms with Crippen LogP contribution < -0.4 is 0 Å². The highest BCUT2D eigenvalue weighted by Gasteiger charge is 3.02. The summed E-state index contributed by atoms with van der Waals surface area (Å²) in [7, 11) is 0. The Hall–Kier alpha value is -0.430. The summed E-state index contributed by atoms with van der Waals surface area (Å²) in [6.07, 6.45) is 0. The average Bonchev–Trinajstić information content (AvgIpc) is 3.40. The first-order chi connectivity index (χ1) is 13.4. The van der Waals surface area contributed by atoms with E-state index in [-0.39, 0.29) is 0 Å². The summed E-state index contributed by atoms with van der Waals surface area (Å²) in [6, 6.07) is 11.8. The molecule has 12 fully saturated rings. The van der Waals surface area contributed by atoms with Crippen LogP contribution in [0.4, 0.5) is 0 Å². The molecule has 0 heterocycles. The van der Waals surface area contributed by atoms with Crippen LogP contribution in [0.2, 0.25) is 0 Å². The second-order valence-corrected chi connectivity index (χ2v) is 14.5. The minimum atomic E-state index is 0.722. The van der Waals surface area contributed by atoms with Gasteiger partial charge in [0.2, 0.25) is 0 Å². The van der Waals surface area contributed by atoms with Crippen molar-refractivity contribution in [3.05, 3.63) is 30.3 Å². The topological polar surface area (TPSA) is 0 Å². The smallest absolute Gasteiger partial charge is 0.0308 e. The summed E-state index contributed by atoms with van der Waals surface area (Å²) < 4.78 is 0.722. The molecule has 0 aliphatic heterocycles. The molecule has 20 atom stereocenters. The van der Waals surface area contributed by atoms with Gasteiger partial charge in [-0.2, -0.15) is 0 Å². The summed E-state index contributed by atoms with van der Waals surface area (Å²) in [5, 5.41) is 0. The lowest BCUT2D eigenvalue weighted by molar-refractivity contribution is 0.198. The minimum Gasteiger partial charge on any atom is -0.118 e. The number of thioether (sulfide) groups is 1. The van der Waals surface area contributed by atoms with Crippen molar-refractivity contribution in [1.29, 1.82) is 0 Å². The van der Waals surface area contributed by atoms with Crippen LogP contribution in [-0.4, -0.2) is 4.75 Å². The molecule has 12 aliphatic carbocycles. The molecule has 12 aliphatic rings. The minimum absolute atomic E-state index is 0.722. The van der Waals surface area contributed by atoms with Gasteiger partial charge in [0.25, 0.3) is 0 Å². The molecule has 12 saturated carbocycles. The molecule has 1 aromatic carbocycles. The van der Waals surface area contributed by atoms with Crippen LogP contribution in [-0.2, 0) is 0 Å². The van der Waals surface area contributed by atoms with Gasteiger partial charge in [0.15, 0.2) is 0 Å². The molecule has 0 saturated heterocycles. The first-order valence-corrected chi connectivity index (χ1v) is 13.0. The molecule has 0 radical (unpaired) electrons. The van der Waals surface area contributed by atoms with Crippen LogP contribution in [0.15, 0.2) is 35.2 Å². The second kappa shape index (κ2) is 3.01. The fraction of sp³-hybridized carbons (Fsp3) is 0.769. The molecule has 1 heteroatoms. The zero-order valence-electron chi connectivity index (χ0n) is 15.3. The summed E-state index contributed by atoms with van der Waals surface area (Å²) in [6.45, 7) is 0. The molecule has 0 nitrogen and oxygen atoms in total.